The van der Waals surface area contributed by atoms with Crippen molar-refractivity contribution >= 4 is 46.1 Å². The van der Waals surface area contributed by atoms with Gasteiger partial charge in [0.05, 0.1) is 49.1 Å². The second-order valence-corrected chi connectivity index (χ2v) is 12.2. The summed E-state index contributed by atoms with van der Waals surface area (Å²) in [7, 11) is 4.61. The summed E-state index contributed by atoms with van der Waals surface area (Å²) in [5, 5.41) is 13.4. The fourth-order valence-corrected chi connectivity index (χ4v) is 5.81. The number of anilines is 1. The first-order valence-corrected chi connectivity index (χ1v) is 14.9. The maximum absolute atomic E-state index is 14.1. The molecule has 1 fully saturated rings. The highest BCUT2D eigenvalue weighted by Gasteiger charge is 2.28. The molecular weight excluding hydrogens is 607 g/mol. The molecule has 1 saturated heterocycles. The number of nitriles is 1. The third-order valence-corrected chi connectivity index (χ3v) is 7.91. The van der Waals surface area contributed by atoms with E-state index >= 15 is 0 Å². The Balaban J connectivity index is 1.65. The van der Waals surface area contributed by atoms with Crippen molar-refractivity contribution in [1.29, 1.82) is 5.26 Å². The zero-order valence-corrected chi connectivity index (χ0v) is 27.2. The van der Waals surface area contributed by atoms with E-state index in [1.165, 1.54) is 18.8 Å². The van der Waals surface area contributed by atoms with Crippen LogP contribution in [0.4, 0.5) is 5.95 Å². The molecule has 1 aromatic carbocycles. The van der Waals surface area contributed by atoms with Crippen molar-refractivity contribution in [3.8, 4) is 28.7 Å². The molecular formula is C31H36Cl2N6O5. The van der Waals surface area contributed by atoms with Gasteiger partial charge in [0.2, 0.25) is 5.95 Å². The van der Waals surface area contributed by atoms with Gasteiger partial charge < -0.3 is 24.4 Å². The maximum Gasteiger partial charge on any atom is 0.264 e. The highest BCUT2D eigenvalue weighted by molar-refractivity contribution is 6.41. The van der Waals surface area contributed by atoms with Crippen LogP contribution in [0.2, 0.25) is 10.0 Å². The minimum atomic E-state index is -0.396. The summed E-state index contributed by atoms with van der Waals surface area (Å²) < 4.78 is 18.5. The molecule has 1 atom stereocenters. The zero-order chi connectivity index (χ0) is 32.2. The lowest BCUT2D eigenvalue weighted by Gasteiger charge is -2.33. The summed E-state index contributed by atoms with van der Waals surface area (Å²) in [6.07, 6.45) is 4.52. The van der Waals surface area contributed by atoms with E-state index in [-0.39, 0.29) is 57.3 Å². The Morgan fingerprint density at radius 3 is 2.48 bits per heavy atom. The number of pyridine rings is 1. The predicted octanol–water partition coefficient (Wildman–Crippen LogP) is 5.33. The van der Waals surface area contributed by atoms with Crippen LogP contribution in [0.25, 0.3) is 22.2 Å². The highest BCUT2D eigenvalue weighted by atomic mass is 35.5. The number of halogens is 2. The molecule has 1 N–H and O–H groups in total. The first kappa shape index (κ1) is 33.1. The smallest absolute Gasteiger partial charge is 0.264 e. The van der Waals surface area contributed by atoms with E-state index in [1.54, 1.807) is 36.4 Å². The third-order valence-electron chi connectivity index (χ3n) is 7.16. The minimum Gasteiger partial charge on any atom is -0.495 e. The Labute approximate surface area is 266 Å². The fraction of sp³-hybridized carbons (Fsp3) is 0.452. The van der Waals surface area contributed by atoms with Crippen molar-refractivity contribution < 1.29 is 19.0 Å². The number of rotatable bonds is 9. The minimum absolute atomic E-state index is 0.125. The van der Waals surface area contributed by atoms with Crippen LogP contribution in [0.1, 0.15) is 33.6 Å². The van der Waals surface area contributed by atoms with Crippen LogP contribution < -0.4 is 20.3 Å². The normalized spacial score (nSPS) is 15.7. The van der Waals surface area contributed by atoms with Gasteiger partial charge in [0.1, 0.15) is 28.8 Å². The van der Waals surface area contributed by atoms with Gasteiger partial charge in [0.15, 0.2) is 0 Å². The molecule has 4 rings (SSSR count). The number of carbonyl (C=O) groups is 1. The number of ether oxygens (including phenoxy) is 3. The summed E-state index contributed by atoms with van der Waals surface area (Å²) in [4.78, 5) is 37.7. The van der Waals surface area contributed by atoms with Crippen LogP contribution in [0.5, 0.6) is 11.5 Å². The zero-order valence-electron chi connectivity index (χ0n) is 25.7. The average molecular weight is 644 g/mol. The Morgan fingerprint density at radius 2 is 1.89 bits per heavy atom. The first-order chi connectivity index (χ1) is 20.9. The molecule has 234 valence electrons. The Hall–Kier alpha value is -3.85. The van der Waals surface area contributed by atoms with Gasteiger partial charge in [-0.05, 0) is 24.3 Å². The van der Waals surface area contributed by atoms with Crippen LogP contribution in [0, 0.1) is 16.7 Å². The number of methoxy groups -OCH3 is 2. The van der Waals surface area contributed by atoms with Crippen molar-refractivity contribution in [1.82, 2.24) is 19.4 Å². The number of likely N-dealkylation sites (tertiary alicyclic amines) is 1. The number of hydrogen-bond donors (Lipinski definition) is 1. The lowest BCUT2D eigenvalue weighted by molar-refractivity contribution is -0.130. The largest absolute Gasteiger partial charge is 0.495 e. The number of fused-ring (bicyclic) bond motifs is 1. The third kappa shape index (κ3) is 7.09. The molecule has 11 nitrogen and oxygen atoms in total. The fourth-order valence-electron chi connectivity index (χ4n) is 5.10. The van der Waals surface area contributed by atoms with Gasteiger partial charge in [0.25, 0.3) is 11.5 Å². The van der Waals surface area contributed by atoms with Crippen LogP contribution in [-0.4, -0.2) is 72.4 Å². The maximum atomic E-state index is 14.1. The van der Waals surface area contributed by atoms with Gasteiger partial charge in [-0.15, -0.1) is 0 Å². The van der Waals surface area contributed by atoms with Gasteiger partial charge in [-0.3, -0.25) is 14.2 Å². The van der Waals surface area contributed by atoms with Gasteiger partial charge in [-0.2, -0.15) is 10.2 Å². The van der Waals surface area contributed by atoms with Gasteiger partial charge >= 0.3 is 0 Å². The molecule has 1 unspecified atom stereocenters. The van der Waals surface area contributed by atoms with E-state index in [1.807, 2.05) is 26.8 Å². The molecule has 0 saturated carbocycles. The quantitative estimate of drug-likeness (QED) is 0.243. The number of nitrogens with zero attached hydrogens (tertiary/aromatic N) is 5. The molecule has 0 radical (unpaired) electrons. The lowest BCUT2D eigenvalue weighted by atomic mass is 9.93. The molecule has 0 bridgehead atoms. The van der Waals surface area contributed by atoms with Gasteiger partial charge in [-0.1, -0.05) is 50.0 Å². The molecule has 1 amide bonds. The summed E-state index contributed by atoms with van der Waals surface area (Å²) in [6.45, 7) is 7.03. The molecule has 0 aliphatic carbocycles. The van der Waals surface area contributed by atoms with Crippen molar-refractivity contribution in [2.24, 2.45) is 5.41 Å². The lowest BCUT2D eigenvalue weighted by Crippen LogP contribution is -2.44. The summed E-state index contributed by atoms with van der Waals surface area (Å²) in [5.41, 5.74) is 0.302. The van der Waals surface area contributed by atoms with Gasteiger partial charge in [-0.25, -0.2) is 4.98 Å². The monoisotopic (exact) mass is 642 g/mol. The van der Waals surface area contributed by atoms with E-state index in [0.717, 1.165) is 12.8 Å². The second-order valence-electron chi connectivity index (χ2n) is 11.4. The van der Waals surface area contributed by atoms with E-state index in [2.05, 4.69) is 15.3 Å². The number of piperidine rings is 1. The molecule has 0 spiro atoms. The number of hydrogen-bond acceptors (Lipinski definition) is 9. The first-order valence-electron chi connectivity index (χ1n) is 14.1. The molecule has 1 aliphatic heterocycles. The van der Waals surface area contributed by atoms with Crippen molar-refractivity contribution in [3.05, 3.63) is 50.4 Å². The molecule has 3 aromatic rings. The number of nitrogens with one attached hydrogen (secondary N) is 1. The van der Waals surface area contributed by atoms with Gasteiger partial charge in [0, 0.05) is 43.4 Å². The summed E-state index contributed by atoms with van der Waals surface area (Å²) in [5.74, 6) is 0.639. The Bertz CT molecular complexity index is 1660. The molecule has 3 heterocycles. The van der Waals surface area contributed by atoms with Crippen LogP contribution in [-0.2, 0) is 16.1 Å². The number of allylic oxidation sites excluding steroid dienone is 1. The van der Waals surface area contributed by atoms with Crippen LogP contribution in [0.3, 0.4) is 0 Å². The summed E-state index contributed by atoms with van der Waals surface area (Å²) in [6, 6.07) is 5.25. The Kier molecular flexibility index (Phi) is 10.4. The van der Waals surface area contributed by atoms with Crippen molar-refractivity contribution in [2.45, 2.75) is 46.3 Å². The molecule has 2 aromatic heterocycles. The topological polar surface area (TPSA) is 132 Å². The van der Waals surface area contributed by atoms with Crippen molar-refractivity contribution in [2.75, 3.05) is 46.3 Å². The number of carbonyl (C=O) groups excluding carboxylic acids is 1. The van der Waals surface area contributed by atoms with Crippen molar-refractivity contribution in [3.63, 3.8) is 0 Å². The number of benzene rings is 1. The SMILES string of the molecule is CNc1ncc2cc(-c3c(Cl)c(OC)cc(OC)c3Cl)c(=O)n(CCOC3CCCN(C(=O)/C(C#N)=C\C(C)(C)C)C3)c2n1. The van der Waals surface area contributed by atoms with Crippen LogP contribution in [0.15, 0.2) is 34.8 Å². The van der Waals surface area contributed by atoms with E-state index in [0.29, 0.717) is 41.6 Å². The molecule has 1 aliphatic rings. The average Bonchev–Trinajstić information content (AvgIpc) is 3.00. The standard InChI is InChI=1S/C31H36Cl2N6O5/c1-31(2,3)14-19(15-34)28(40)38-9-7-8-20(17-38)44-11-10-39-27-18(16-36-30(35-4)37-27)12-21(29(39)41)24-25(32)22(42-5)13-23(43-6)26(24)33/h12-14,16,20H,7-11,17H2,1-6H3,(H,35,36,37)/b19-14-. The van der Waals surface area contributed by atoms with E-state index in [4.69, 9.17) is 37.4 Å². The predicted molar refractivity (Wildman–Crippen MR) is 171 cm³/mol. The molecule has 13 heteroatoms. The second kappa shape index (κ2) is 13.8. The highest BCUT2D eigenvalue weighted by Crippen LogP contribution is 2.45. The Morgan fingerprint density at radius 1 is 1.20 bits per heavy atom. The number of amides is 1. The van der Waals surface area contributed by atoms with E-state index in [9.17, 15) is 14.9 Å². The van der Waals surface area contributed by atoms with Crippen LogP contribution >= 0.6 is 23.2 Å². The number of aromatic nitrogens is 3. The molecule has 44 heavy (non-hydrogen) atoms. The summed E-state index contributed by atoms with van der Waals surface area (Å²) >= 11 is 13.4. The van der Waals surface area contributed by atoms with E-state index < -0.39 is 5.56 Å².